The molecule has 2 atom stereocenters. The van der Waals surface area contributed by atoms with Crippen molar-refractivity contribution in [3.8, 4) is 0 Å². The Morgan fingerprint density at radius 2 is 1.20 bits per heavy atom. The fraction of sp³-hybridized carbons (Fsp3) is 0.250. The first-order chi connectivity index (χ1) is 7.41. The van der Waals surface area contributed by atoms with Crippen molar-refractivity contribution in [3.05, 3.63) is 12.2 Å². The maximum atomic E-state index is 9.92. The fourth-order valence-electron chi connectivity index (χ4n) is 0.774. The Hall–Kier alpha value is 0.740. The van der Waals surface area contributed by atoms with Crippen molar-refractivity contribution in [1.82, 2.24) is 0 Å². The van der Waals surface area contributed by atoms with Gasteiger partial charge in [0.05, 0.1) is 11.9 Å². The molecule has 2 heterocycles. The largest absolute Gasteiger partial charge is 1.00 e. The van der Waals surface area contributed by atoms with Crippen molar-refractivity contribution < 1.29 is 133 Å². The quantitative estimate of drug-likeness (QED) is 0.208. The molecule has 0 amide bonds. The molecule has 94 valence electrons. The summed E-state index contributed by atoms with van der Waals surface area (Å²) in [5.41, 5.74) is 0. The van der Waals surface area contributed by atoms with Crippen LogP contribution >= 0.6 is 0 Å². The van der Waals surface area contributed by atoms with Crippen LogP contribution in [-0.2, 0) is 28.7 Å². The summed E-state index contributed by atoms with van der Waals surface area (Å²) >= 11 is 0. The van der Waals surface area contributed by atoms with Crippen LogP contribution < -0.4 is 98.9 Å². The first kappa shape index (κ1) is 28.8. The Kier molecular flexibility index (Phi) is 19.3. The van der Waals surface area contributed by atoms with Gasteiger partial charge in [0.2, 0.25) is 0 Å². The summed E-state index contributed by atoms with van der Waals surface area (Å²) in [7, 11) is 0. The van der Waals surface area contributed by atoms with Gasteiger partial charge in [-0.05, 0) is 0 Å². The number of carboxylic acid groups (broad SMARTS) is 2. The number of cyclic esters (lactones) is 2. The number of carboxylic acids is 2. The van der Waals surface area contributed by atoms with E-state index >= 15 is 0 Å². The van der Waals surface area contributed by atoms with Crippen LogP contribution in [0.15, 0.2) is 12.2 Å². The average molecular weight is 314 g/mol. The number of carbonyl (C=O) groups is 4. The molecule has 2 rings (SSSR count). The summed E-state index contributed by atoms with van der Waals surface area (Å²) in [6.45, 7) is 0. The van der Waals surface area contributed by atoms with Crippen molar-refractivity contribution in [2.75, 3.05) is 0 Å². The number of esters is 2. The number of aliphatic carboxylic acids is 2. The van der Waals surface area contributed by atoms with Crippen LogP contribution in [0.2, 0.25) is 0 Å². The van der Waals surface area contributed by atoms with E-state index in [1.54, 1.807) is 0 Å². The van der Waals surface area contributed by atoms with E-state index in [1.165, 1.54) is 0 Å². The molecule has 0 saturated carbocycles. The van der Waals surface area contributed by atoms with Crippen molar-refractivity contribution in [2.45, 2.75) is 12.2 Å². The summed E-state index contributed by atoms with van der Waals surface area (Å²) in [5, 5.41) is 19.5. The third-order valence-corrected chi connectivity index (χ3v) is 1.51. The number of carbonyl (C=O) groups excluding carboxylic acids is 4. The second-order valence-electron chi connectivity index (χ2n) is 2.69. The Labute approximate surface area is 179 Å². The molecule has 2 unspecified atom stereocenters. The number of hydrogen-bond donors (Lipinski definition) is 0. The van der Waals surface area contributed by atoms with Gasteiger partial charge in [0, 0.05) is 12.2 Å². The molecule has 0 aliphatic carbocycles. The van der Waals surface area contributed by atoms with Crippen LogP contribution in [0.25, 0.3) is 0 Å². The molecule has 0 radical (unpaired) electrons. The smallest absolute Gasteiger partial charge is 0.870 e. The Morgan fingerprint density at radius 3 is 1.30 bits per heavy atom. The molecule has 0 spiro atoms. The molecule has 2 aliphatic rings. The normalized spacial score (nSPS) is 20.4. The van der Waals surface area contributed by atoms with Gasteiger partial charge >= 0.3 is 101 Å². The van der Waals surface area contributed by atoms with E-state index in [4.69, 9.17) is 0 Å². The van der Waals surface area contributed by atoms with E-state index in [0.29, 0.717) is 0 Å². The van der Waals surface area contributed by atoms with Gasteiger partial charge in [-0.15, -0.1) is 0 Å². The number of ether oxygens (including phenoxy) is 2. The van der Waals surface area contributed by atoms with E-state index in [-0.39, 0.29) is 94.1 Å². The summed E-state index contributed by atoms with van der Waals surface area (Å²) < 4.78 is 8.09. The van der Waals surface area contributed by atoms with E-state index in [9.17, 15) is 29.4 Å². The van der Waals surface area contributed by atoms with Gasteiger partial charge in [-0.1, -0.05) is 0 Å². The minimum atomic E-state index is -1.51. The van der Waals surface area contributed by atoms with Crippen LogP contribution in [0.3, 0.4) is 0 Å². The summed E-state index contributed by atoms with van der Waals surface area (Å²) in [6, 6.07) is 0. The van der Waals surface area contributed by atoms with Gasteiger partial charge in [-0.2, -0.15) is 0 Å². The SMILES string of the molecule is O=C([O-])C1OC1C(=O)[O-].O=C1C=CC(=O)O1.[Na+].[Na+].[Na+].[OH-]. The zero-order chi connectivity index (χ0) is 12.3. The average Bonchev–Trinajstić information content (AvgIpc) is 2.89. The predicted molar refractivity (Wildman–Crippen MR) is 40.8 cm³/mol. The van der Waals surface area contributed by atoms with Crippen molar-refractivity contribution in [2.24, 2.45) is 0 Å². The van der Waals surface area contributed by atoms with Gasteiger partial charge in [0.15, 0.2) is 0 Å². The van der Waals surface area contributed by atoms with Crippen LogP contribution in [0.4, 0.5) is 0 Å². The molecule has 20 heavy (non-hydrogen) atoms. The maximum Gasteiger partial charge on any atom is 1.00 e. The van der Waals surface area contributed by atoms with Crippen molar-refractivity contribution >= 4 is 23.9 Å². The molecule has 0 aromatic carbocycles. The molecular weight excluding hydrogens is 309 g/mol. The fourth-order valence-corrected chi connectivity index (χ4v) is 0.774. The van der Waals surface area contributed by atoms with Gasteiger partial charge in [0.1, 0.15) is 12.2 Å². The Morgan fingerprint density at radius 1 is 0.900 bits per heavy atom. The van der Waals surface area contributed by atoms with E-state index < -0.39 is 36.1 Å². The molecule has 0 aromatic rings. The third kappa shape index (κ3) is 10.5. The molecular formula is C8H5Na3O9. The molecule has 12 heteroatoms. The van der Waals surface area contributed by atoms with E-state index in [1.807, 2.05) is 0 Å². The van der Waals surface area contributed by atoms with Crippen LogP contribution in [0, 0.1) is 0 Å². The second-order valence-corrected chi connectivity index (χ2v) is 2.69. The maximum absolute atomic E-state index is 9.92. The number of hydrogen-bond acceptors (Lipinski definition) is 9. The van der Waals surface area contributed by atoms with Crippen molar-refractivity contribution in [1.29, 1.82) is 0 Å². The van der Waals surface area contributed by atoms with Crippen LogP contribution in [0.5, 0.6) is 0 Å². The number of epoxide rings is 1. The number of rotatable bonds is 2. The first-order valence-corrected chi connectivity index (χ1v) is 3.93. The van der Waals surface area contributed by atoms with Crippen LogP contribution in [0.1, 0.15) is 0 Å². The Bertz CT molecular complexity index is 361. The predicted octanol–water partition coefficient (Wildman–Crippen LogP) is -13.3. The van der Waals surface area contributed by atoms with Gasteiger partial charge in [0.25, 0.3) is 0 Å². The molecule has 1 fully saturated rings. The minimum absolute atomic E-state index is 0. The zero-order valence-corrected chi connectivity index (χ0v) is 17.0. The van der Waals surface area contributed by atoms with Gasteiger partial charge in [-0.25, -0.2) is 9.59 Å². The monoisotopic (exact) mass is 314 g/mol. The van der Waals surface area contributed by atoms with Gasteiger partial charge < -0.3 is 34.8 Å². The Balaban J connectivity index is -0.000000109. The molecule has 2 aliphatic heterocycles. The van der Waals surface area contributed by atoms with Crippen LogP contribution in [-0.4, -0.2) is 41.6 Å². The summed E-state index contributed by atoms with van der Waals surface area (Å²) in [4.78, 5) is 39.3. The van der Waals surface area contributed by atoms with Gasteiger partial charge in [-0.3, -0.25) is 0 Å². The summed E-state index contributed by atoms with van der Waals surface area (Å²) in [6.07, 6.45) is -0.421. The second kappa shape index (κ2) is 13.4. The van der Waals surface area contributed by atoms with E-state index in [0.717, 1.165) is 12.2 Å². The summed E-state index contributed by atoms with van der Waals surface area (Å²) in [5.74, 6) is -4.18. The topological polar surface area (TPSA) is 166 Å². The third-order valence-electron chi connectivity index (χ3n) is 1.51. The zero-order valence-electron chi connectivity index (χ0n) is 11.0. The molecule has 9 nitrogen and oxygen atoms in total. The van der Waals surface area contributed by atoms with Crippen molar-refractivity contribution in [3.63, 3.8) is 0 Å². The van der Waals surface area contributed by atoms with E-state index in [2.05, 4.69) is 9.47 Å². The molecule has 0 bridgehead atoms. The molecule has 1 N–H and O–H groups in total. The molecule has 1 saturated heterocycles. The minimum Gasteiger partial charge on any atom is -0.870 e. The molecule has 0 aromatic heterocycles. The standard InChI is InChI=1S/C4H4O5.C4H2O3.3Na.H2O/c5-3(6)1-2(9-1)4(7)8;5-3-1-2-4(6)7-3;;;;/h1-2H,(H,5,6)(H,7,8);1-2H;;;;1H2/q;;3*+1;/p-3. The first-order valence-electron chi connectivity index (χ1n) is 3.93.